The highest BCUT2D eigenvalue weighted by Crippen LogP contribution is 2.22. The van der Waals surface area contributed by atoms with Crippen LogP contribution in [0, 0.1) is 0 Å². The molecular formula is C26H21N5O3. The Bertz CT molecular complexity index is 1470. The third-order valence-electron chi connectivity index (χ3n) is 5.54. The Labute approximate surface area is 195 Å². The number of hydrogen-bond donors (Lipinski definition) is 2. The summed E-state index contributed by atoms with van der Waals surface area (Å²) < 4.78 is 6.99. The van der Waals surface area contributed by atoms with E-state index in [1.54, 1.807) is 25.5 Å². The van der Waals surface area contributed by atoms with E-state index in [1.807, 2.05) is 65.2 Å². The third-order valence-corrected chi connectivity index (χ3v) is 5.54. The van der Waals surface area contributed by atoms with Crippen LogP contribution >= 0.6 is 0 Å². The molecule has 3 aromatic carbocycles. The Morgan fingerprint density at radius 2 is 1.76 bits per heavy atom. The number of fused-ring (bicyclic) bond motifs is 1. The molecule has 0 saturated carbocycles. The number of imidazole rings is 1. The Balaban J connectivity index is 1.32. The maximum absolute atomic E-state index is 12.8. The molecule has 0 aliphatic heterocycles. The van der Waals surface area contributed by atoms with E-state index < -0.39 is 0 Å². The molecular weight excluding hydrogens is 430 g/mol. The van der Waals surface area contributed by atoms with Crippen LogP contribution in [0.25, 0.3) is 16.7 Å². The first-order valence-corrected chi connectivity index (χ1v) is 10.7. The molecule has 0 atom stereocenters. The van der Waals surface area contributed by atoms with Gasteiger partial charge in [-0.3, -0.25) is 14.2 Å². The van der Waals surface area contributed by atoms with Crippen LogP contribution in [0.5, 0.6) is 0 Å². The van der Waals surface area contributed by atoms with E-state index in [-0.39, 0.29) is 17.5 Å². The van der Waals surface area contributed by atoms with Gasteiger partial charge in [0.05, 0.1) is 11.0 Å². The fourth-order valence-corrected chi connectivity index (χ4v) is 3.79. The normalized spacial score (nSPS) is 10.9. The number of amides is 2. The molecule has 8 heteroatoms. The predicted molar refractivity (Wildman–Crippen MR) is 128 cm³/mol. The van der Waals surface area contributed by atoms with Gasteiger partial charge in [-0.2, -0.15) is 0 Å². The van der Waals surface area contributed by atoms with Gasteiger partial charge in [-0.15, -0.1) is 0 Å². The van der Waals surface area contributed by atoms with Crippen molar-refractivity contribution in [2.45, 2.75) is 6.42 Å². The van der Waals surface area contributed by atoms with Crippen molar-refractivity contribution in [2.75, 3.05) is 12.4 Å². The predicted octanol–water partition coefficient (Wildman–Crippen LogP) is 4.22. The maximum atomic E-state index is 12.8. The average molecular weight is 451 g/mol. The molecule has 168 valence electrons. The van der Waals surface area contributed by atoms with Gasteiger partial charge >= 0.3 is 0 Å². The van der Waals surface area contributed by atoms with Crippen molar-refractivity contribution >= 4 is 28.5 Å². The minimum absolute atomic E-state index is 0.157. The summed E-state index contributed by atoms with van der Waals surface area (Å²) in [6.45, 7) is 0. The molecule has 5 aromatic rings. The highest BCUT2D eigenvalue weighted by Gasteiger charge is 2.17. The van der Waals surface area contributed by atoms with E-state index in [0.717, 1.165) is 27.8 Å². The number of nitrogens with zero attached hydrogens (tertiary/aromatic N) is 3. The molecule has 0 radical (unpaired) electrons. The zero-order valence-corrected chi connectivity index (χ0v) is 18.4. The summed E-state index contributed by atoms with van der Waals surface area (Å²) in [5, 5.41) is 9.39. The topological polar surface area (TPSA) is 102 Å². The zero-order chi connectivity index (χ0) is 23.5. The molecule has 0 bridgehead atoms. The molecule has 0 aliphatic rings. The first kappa shape index (κ1) is 21.1. The van der Waals surface area contributed by atoms with Crippen LogP contribution in [0.4, 0.5) is 5.69 Å². The lowest BCUT2D eigenvalue weighted by atomic mass is 10.1. The van der Waals surface area contributed by atoms with E-state index in [1.165, 1.54) is 6.26 Å². The Kier molecular flexibility index (Phi) is 5.61. The van der Waals surface area contributed by atoms with E-state index in [9.17, 15) is 9.59 Å². The highest BCUT2D eigenvalue weighted by atomic mass is 16.5. The number of benzene rings is 3. The minimum Gasteiger partial charge on any atom is -0.364 e. The van der Waals surface area contributed by atoms with Gasteiger partial charge in [0.1, 0.15) is 12.6 Å². The molecule has 0 saturated heterocycles. The second-order valence-electron chi connectivity index (χ2n) is 7.75. The summed E-state index contributed by atoms with van der Waals surface area (Å²) >= 11 is 0. The first-order valence-electron chi connectivity index (χ1n) is 10.7. The Hall–Kier alpha value is -4.72. The van der Waals surface area contributed by atoms with Crippen LogP contribution in [0.15, 0.2) is 89.9 Å². The number of carbonyl (C=O) groups excluding carboxylic acids is 2. The summed E-state index contributed by atoms with van der Waals surface area (Å²) in [5.41, 5.74) is 5.71. The van der Waals surface area contributed by atoms with E-state index in [0.29, 0.717) is 17.7 Å². The number of hydrogen-bond acceptors (Lipinski definition) is 5. The van der Waals surface area contributed by atoms with Crippen LogP contribution in [0.2, 0.25) is 0 Å². The first-order chi connectivity index (χ1) is 16.6. The van der Waals surface area contributed by atoms with Crippen molar-refractivity contribution < 1.29 is 14.1 Å². The number of rotatable bonds is 6. The summed E-state index contributed by atoms with van der Waals surface area (Å²) in [4.78, 5) is 29.1. The van der Waals surface area contributed by atoms with Gasteiger partial charge in [-0.05, 0) is 48.0 Å². The van der Waals surface area contributed by atoms with Crippen molar-refractivity contribution in [3.8, 4) is 5.69 Å². The third kappa shape index (κ3) is 4.16. The molecule has 2 heterocycles. The van der Waals surface area contributed by atoms with Crippen LogP contribution in [0.1, 0.15) is 32.0 Å². The van der Waals surface area contributed by atoms with Crippen LogP contribution in [-0.2, 0) is 6.42 Å². The summed E-state index contributed by atoms with van der Waals surface area (Å²) in [6.07, 6.45) is 3.77. The second kappa shape index (κ2) is 9.03. The van der Waals surface area contributed by atoms with Gasteiger partial charge in [-0.1, -0.05) is 35.5 Å². The van der Waals surface area contributed by atoms with Crippen molar-refractivity contribution in [1.29, 1.82) is 0 Å². The summed E-state index contributed by atoms with van der Waals surface area (Å²) in [5.74, 6) is -0.488. The number of aromatic nitrogens is 3. The smallest absolute Gasteiger partial charge is 0.278 e. The number of nitrogens with one attached hydrogen (secondary N) is 2. The molecule has 2 amide bonds. The number of anilines is 1. The fraction of sp³-hybridized carbons (Fsp3) is 0.0769. The average Bonchev–Trinajstić information content (AvgIpc) is 3.51. The van der Waals surface area contributed by atoms with Crippen molar-refractivity contribution in [2.24, 2.45) is 0 Å². The molecule has 5 rings (SSSR count). The standard InChI is InChI=1S/C26H21N5O3/c1-27-25(32)18-7-12-23-22(14-18)28-16-31(23)21-10-8-20(9-11-21)29-26(33)24-19(15-34-30-24)13-17-5-3-2-4-6-17/h2-12,14-16H,13H2,1H3,(H,27,32)(H,29,33). The van der Waals surface area contributed by atoms with Crippen LogP contribution in [0.3, 0.4) is 0 Å². The number of carbonyl (C=O) groups is 2. The van der Waals surface area contributed by atoms with Gasteiger partial charge in [0.2, 0.25) is 0 Å². The lowest BCUT2D eigenvalue weighted by Gasteiger charge is -2.08. The lowest BCUT2D eigenvalue weighted by molar-refractivity contribution is 0.0962. The van der Waals surface area contributed by atoms with Gasteiger partial charge in [0, 0.05) is 36.0 Å². The van der Waals surface area contributed by atoms with Crippen molar-refractivity contribution in [3.63, 3.8) is 0 Å². The largest absolute Gasteiger partial charge is 0.364 e. The zero-order valence-electron chi connectivity index (χ0n) is 18.4. The van der Waals surface area contributed by atoms with Gasteiger partial charge in [0.15, 0.2) is 5.69 Å². The van der Waals surface area contributed by atoms with Gasteiger partial charge < -0.3 is 15.2 Å². The quantitative estimate of drug-likeness (QED) is 0.403. The van der Waals surface area contributed by atoms with Crippen LogP contribution in [-0.4, -0.2) is 33.6 Å². The van der Waals surface area contributed by atoms with E-state index in [4.69, 9.17) is 4.52 Å². The Morgan fingerprint density at radius 3 is 2.53 bits per heavy atom. The molecule has 0 fully saturated rings. The maximum Gasteiger partial charge on any atom is 0.278 e. The highest BCUT2D eigenvalue weighted by molar-refractivity contribution is 6.03. The van der Waals surface area contributed by atoms with E-state index in [2.05, 4.69) is 20.8 Å². The molecule has 8 nitrogen and oxygen atoms in total. The molecule has 0 aliphatic carbocycles. The van der Waals surface area contributed by atoms with Crippen LogP contribution < -0.4 is 10.6 Å². The van der Waals surface area contributed by atoms with Crippen molar-refractivity contribution in [1.82, 2.24) is 20.0 Å². The molecule has 2 N–H and O–H groups in total. The van der Waals surface area contributed by atoms with Gasteiger partial charge in [-0.25, -0.2) is 4.98 Å². The minimum atomic E-state index is -0.331. The molecule has 0 unspecified atom stereocenters. The molecule has 0 spiro atoms. The van der Waals surface area contributed by atoms with E-state index >= 15 is 0 Å². The SMILES string of the molecule is CNC(=O)c1ccc2c(c1)ncn2-c1ccc(NC(=O)c2nocc2Cc2ccccc2)cc1. The monoisotopic (exact) mass is 451 g/mol. The fourth-order valence-electron chi connectivity index (χ4n) is 3.79. The lowest BCUT2D eigenvalue weighted by Crippen LogP contribution is -2.17. The molecule has 2 aromatic heterocycles. The van der Waals surface area contributed by atoms with Crippen molar-refractivity contribution in [3.05, 3.63) is 108 Å². The second-order valence-corrected chi connectivity index (χ2v) is 7.75. The molecule has 34 heavy (non-hydrogen) atoms. The van der Waals surface area contributed by atoms with Gasteiger partial charge in [0.25, 0.3) is 11.8 Å². The summed E-state index contributed by atoms with van der Waals surface area (Å²) in [7, 11) is 1.60. The summed E-state index contributed by atoms with van der Waals surface area (Å²) in [6, 6.07) is 22.6. The Morgan fingerprint density at radius 1 is 0.971 bits per heavy atom.